The molecular formula is C22H25N4O5+. The Bertz CT molecular complexity index is 1120. The first-order chi connectivity index (χ1) is 15.1. The smallest absolute Gasteiger partial charge is 0.295 e. The molecular weight excluding hydrogens is 400 g/mol. The number of fused-ring (bicyclic) bond motifs is 1. The molecule has 1 fully saturated rings. The van der Waals surface area contributed by atoms with Gasteiger partial charge in [-0.3, -0.25) is 9.36 Å². The standard InChI is InChI=1S/C22H24N4O5/c1-29-18-8-7-15(13-19(18)30-2)21(27)24-23-20-16-5-3-4-6-17(16)26(22(20)28)14-25-9-11-31-12-10-25/h3-8,13,28H,9-12,14H2,1-2H3/p+1. The number of aromatic hydroxyl groups is 1. The molecule has 1 saturated heterocycles. The lowest BCUT2D eigenvalue weighted by molar-refractivity contribution is -0.930. The molecule has 0 spiro atoms. The average molecular weight is 425 g/mol. The zero-order chi connectivity index (χ0) is 21.8. The molecule has 0 bridgehead atoms. The lowest BCUT2D eigenvalue weighted by atomic mass is 10.2. The van der Waals surface area contributed by atoms with E-state index in [0.29, 0.717) is 36.9 Å². The molecule has 4 rings (SSSR count). The number of morpholine rings is 1. The van der Waals surface area contributed by atoms with Crippen LogP contribution in [0.1, 0.15) is 10.4 Å². The van der Waals surface area contributed by atoms with Crippen molar-refractivity contribution in [3.8, 4) is 17.4 Å². The summed E-state index contributed by atoms with van der Waals surface area (Å²) in [6.07, 6.45) is 0. The Hall–Kier alpha value is -3.43. The molecule has 3 aromatic rings. The summed E-state index contributed by atoms with van der Waals surface area (Å²) >= 11 is 0. The van der Waals surface area contributed by atoms with Gasteiger partial charge in [0.15, 0.2) is 23.9 Å². The maximum absolute atomic E-state index is 12.6. The monoisotopic (exact) mass is 425 g/mol. The lowest BCUT2D eigenvalue weighted by Gasteiger charge is -2.24. The molecule has 0 saturated carbocycles. The Morgan fingerprint density at radius 1 is 1.13 bits per heavy atom. The van der Waals surface area contributed by atoms with Gasteiger partial charge in [0.2, 0.25) is 5.88 Å². The molecule has 0 atom stereocenters. The molecule has 0 unspecified atom stereocenters. The van der Waals surface area contributed by atoms with Crippen molar-refractivity contribution in [2.45, 2.75) is 6.67 Å². The lowest BCUT2D eigenvalue weighted by Crippen LogP contribution is -3.13. The number of nitrogens with zero attached hydrogens (tertiary/aromatic N) is 3. The summed E-state index contributed by atoms with van der Waals surface area (Å²) in [5, 5.41) is 19.6. The third kappa shape index (κ3) is 4.23. The number of rotatable bonds is 6. The highest BCUT2D eigenvalue weighted by molar-refractivity contribution is 5.97. The topological polar surface area (TPSA) is 99.1 Å². The zero-order valence-electron chi connectivity index (χ0n) is 17.5. The van der Waals surface area contributed by atoms with Crippen molar-refractivity contribution in [1.29, 1.82) is 0 Å². The number of methoxy groups -OCH3 is 2. The quantitative estimate of drug-likeness (QED) is 0.590. The zero-order valence-corrected chi connectivity index (χ0v) is 17.5. The van der Waals surface area contributed by atoms with E-state index in [2.05, 4.69) is 10.2 Å². The number of para-hydroxylation sites is 1. The van der Waals surface area contributed by atoms with Gasteiger partial charge in [-0.1, -0.05) is 18.2 Å². The first-order valence-electron chi connectivity index (χ1n) is 10.0. The van der Waals surface area contributed by atoms with E-state index < -0.39 is 5.91 Å². The van der Waals surface area contributed by atoms with Gasteiger partial charge in [-0.15, -0.1) is 10.2 Å². The number of quaternary nitrogens is 1. The fourth-order valence-electron chi connectivity index (χ4n) is 3.69. The molecule has 2 heterocycles. The van der Waals surface area contributed by atoms with Crippen LogP contribution in [0.15, 0.2) is 52.7 Å². The van der Waals surface area contributed by atoms with Crippen LogP contribution in [0.3, 0.4) is 0 Å². The van der Waals surface area contributed by atoms with Crippen LogP contribution in [0.25, 0.3) is 10.9 Å². The molecule has 1 aromatic heterocycles. The van der Waals surface area contributed by atoms with Crippen molar-refractivity contribution in [3.05, 3.63) is 48.0 Å². The molecule has 1 aliphatic rings. The molecule has 1 amide bonds. The minimum absolute atomic E-state index is 0.0101. The highest BCUT2D eigenvalue weighted by Gasteiger charge is 2.22. The number of hydrogen-bond donors (Lipinski definition) is 2. The van der Waals surface area contributed by atoms with E-state index in [4.69, 9.17) is 14.2 Å². The van der Waals surface area contributed by atoms with E-state index in [0.717, 1.165) is 24.0 Å². The normalized spacial score (nSPS) is 14.9. The summed E-state index contributed by atoms with van der Waals surface area (Å²) < 4.78 is 17.7. The second kappa shape index (κ2) is 9.15. The summed E-state index contributed by atoms with van der Waals surface area (Å²) in [7, 11) is 3.02. The fourth-order valence-corrected chi connectivity index (χ4v) is 3.69. The number of amides is 1. The van der Waals surface area contributed by atoms with Crippen molar-refractivity contribution in [2.24, 2.45) is 10.2 Å². The molecule has 0 radical (unpaired) electrons. The summed E-state index contributed by atoms with van der Waals surface area (Å²) in [5.74, 6) is 0.388. The van der Waals surface area contributed by atoms with Crippen LogP contribution in [-0.4, -0.2) is 56.1 Å². The van der Waals surface area contributed by atoms with Crippen molar-refractivity contribution < 1.29 is 29.0 Å². The van der Waals surface area contributed by atoms with Gasteiger partial charge in [-0.2, -0.15) is 0 Å². The molecule has 9 heteroatoms. The molecule has 162 valence electrons. The molecule has 2 aromatic carbocycles. The highest BCUT2D eigenvalue weighted by Crippen LogP contribution is 2.38. The summed E-state index contributed by atoms with van der Waals surface area (Å²) in [4.78, 5) is 13.9. The van der Waals surface area contributed by atoms with Gasteiger partial charge in [-0.25, -0.2) is 0 Å². The van der Waals surface area contributed by atoms with Gasteiger partial charge in [0.25, 0.3) is 5.91 Å². The van der Waals surface area contributed by atoms with Crippen LogP contribution in [0.4, 0.5) is 5.69 Å². The predicted molar refractivity (Wildman–Crippen MR) is 114 cm³/mol. The van der Waals surface area contributed by atoms with Gasteiger partial charge in [0.1, 0.15) is 13.1 Å². The molecule has 2 N–H and O–H groups in total. The minimum atomic E-state index is -0.545. The number of ether oxygens (including phenoxy) is 3. The van der Waals surface area contributed by atoms with Crippen molar-refractivity contribution in [3.63, 3.8) is 0 Å². The Morgan fingerprint density at radius 2 is 1.87 bits per heavy atom. The van der Waals surface area contributed by atoms with E-state index in [1.807, 2.05) is 28.8 Å². The van der Waals surface area contributed by atoms with E-state index in [1.54, 1.807) is 18.2 Å². The van der Waals surface area contributed by atoms with Crippen LogP contribution in [-0.2, 0) is 11.4 Å². The molecule has 1 aliphatic heterocycles. The van der Waals surface area contributed by atoms with Crippen molar-refractivity contribution in [2.75, 3.05) is 40.5 Å². The fraction of sp³-hybridized carbons (Fsp3) is 0.318. The maximum atomic E-state index is 12.6. The van der Waals surface area contributed by atoms with Gasteiger partial charge in [-0.05, 0) is 24.3 Å². The average Bonchev–Trinajstić information content (AvgIpc) is 3.08. The summed E-state index contributed by atoms with van der Waals surface area (Å²) in [5.41, 5.74) is 1.42. The third-order valence-electron chi connectivity index (χ3n) is 5.37. The number of aromatic nitrogens is 1. The molecule has 0 aliphatic carbocycles. The summed E-state index contributed by atoms with van der Waals surface area (Å²) in [6.45, 7) is 3.69. The Balaban J connectivity index is 1.64. The van der Waals surface area contributed by atoms with Crippen LogP contribution in [0, 0.1) is 0 Å². The van der Waals surface area contributed by atoms with E-state index >= 15 is 0 Å². The van der Waals surface area contributed by atoms with Crippen LogP contribution in [0.2, 0.25) is 0 Å². The van der Waals surface area contributed by atoms with Gasteiger partial charge < -0.3 is 24.2 Å². The molecule has 31 heavy (non-hydrogen) atoms. The first kappa shape index (κ1) is 20.8. The second-order valence-electron chi connectivity index (χ2n) is 7.21. The maximum Gasteiger partial charge on any atom is 0.295 e. The van der Waals surface area contributed by atoms with Crippen LogP contribution in [0.5, 0.6) is 17.4 Å². The third-order valence-corrected chi connectivity index (χ3v) is 5.37. The van der Waals surface area contributed by atoms with Gasteiger partial charge in [0.05, 0.1) is 33.0 Å². The predicted octanol–water partition coefficient (Wildman–Crippen LogP) is 2.16. The number of nitrogens with one attached hydrogen (secondary N) is 1. The number of carbonyl (C=O) groups excluding carboxylic acids is 1. The first-order valence-corrected chi connectivity index (χ1v) is 10.0. The largest absolute Gasteiger partial charge is 0.493 e. The van der Waals surface area contributed by atoms with Gasteiger partial charge >= 0.3 is 0 Å². The minimum Gasteiger partial charge on any atom is -0.493 e. The van der Waals surface area contributed by atoms with E-state index in [9.17, 15) is 9.90 Å². The van der Waals surface area contributed by atoms with Crippen LogP contribution < -0.4 is 14.4 Å². The number of carbonyl (C=O) groups is 1. The SMILES string of the molecule is COc1ccc(C(=O)N=Nc2c(O)n(C[NH+]3CCOCC3)c3ccccc23)cc1OC. The Labute approximate surface area is 179 Å². The van der Waals surface area contributed by atoms with Crippen LogP contribution >= 0.6 is 0 Å². The Morgan fingerprint density at radius 3 is 2.61 bits per heavy atom. The number of azo groups is 1. The van der Waals surface area contributed by atoms with E-state index in [-0.39, 0.29) is 11.6 Å². The highest BCUT2D eigenvalue weighted by atomic mass is 16.5. The van der Waals surface area contributed by atoms with Gasteiger partial charge in [0, 0.05) is 10.9 Å². The Kier molecular flexibility index (Phi) is 6.15. The van der Waals surface area contributed by atoms with Crippen molar-refractivity contribution >= 4 is 22.5 Å². The number of hydrogen-bond acceptors (Lipinski definition) is 6. The van der Waals surface area contributed by atoms with E-state index in [1.165, 1.54) is 19.1 Å². The van der Waals surface area contributed by atoms with Crippen molar-refractivity contribution in [1.82, 2.24) is 4.57 Å². The molecule has 9 nitrogen and oxygen atoms in total. The number of benzene rings is 2. The summed E-state index contributed by atoms with van der Waals surface area (Å²) in [6, 6.07) is 12.3. The second-order valence-corrected chi connectivity index (χ2v) is 7.21.